The minimum atomic E-state index is -0.307. The molecule has 1 aromatic carbocycles. The van der Waals surface area contributed by atoms with E-state index in [1.54, 1.807) is 11.9 Å². The van der Waals surface area contributed by atoms with Crippen molar-refractivity contribution in [1.82, 2.24) is 25.1 Å². The quantitative estimate of drug-likeness (QED) is 0.355. The van der Waals surface area contributed by atoms with Crippen LogP contribution in [0.1, 0.15) is 31.5 Å². The summed E-state index contributed by atoms with van der Waals surface area (Å²) < 4.78 is 2.21. The van der Waals surface area contributed by atoms with Gasteiger partial charge in [0.05, 0.1) is 16.4 Å². The van der Waals surface area contributed by atoms with Gasteiger partial charge < -0.3 is 20.1 Å². The Kier molecular flexibility index (Phi) is 8.30. The van der Waals surface area contributed by atoms with Crippen LogP contribution in [0.15, 0.2) is 29.3 Å². The molecule has 0 atom stereocenters. The van der Waals surface area contributed by atoms with Crippen LogP contribution in [0.3, 0.4) is 0 Å². The predicted molar refractivity (Wildman–Crippen MR) is 129 cm³/mol. The summed E-state index contributed by atoms with van der Waals surface area (Å²) in [5.74, 6) is 1.96. The number of carbonyl (C=O) groups is 1. The van der Waals surface area contributed by atoms with Crippen LogP contribution in [0.25, 0.3) is 11.0 Å². The minimum Gasteiger partial charge on any atom is -0.355 e. The molecule has 8 heteroatoms. The maximum absolute atomic E-state index is 12.7. The van der Waals surface area contributed by atoms with E-state index in [0.717, 1.165) is 61.6 Å². The molecular weight excluding hydrogens is 479 g/mol. The van der Waals surface area contributed by atoms with E-state index in [2.05, 4.69) is 31.2 Å². The Balaban J connectivity index is 0.00000300. The largest absolute Gasteiger partial charge is 0.355 e. The third kappa shape index (κ3) is 5.21. The smallest absolute Gasteiger partial charge is 0.230 e. The second-order valence-corrected chi connectivity index (χ2v) is 7.84. The van der Waals surface area contributed by atoms with Crippen molar-refractivity contribution in [2.75, 3.05) is 34.2 Å². The number of nitrogens with one attached hydrogen (secondary N) is 2. The summed E-state index contributed by atoms with van der Waals surface area (Å²) in [5.41, 5.74) is 1.86. The van der Waals surface area contributed by atoms with Crippen LogP contribution in [-0.2, 0) is 11.3 Å². The van der Waals surface area contributed by atoms with E-state index in [1.807, 2.05) is 39.2 Å². The molecule has 0 radical (unpaired) electrons. The molecule has 2 N–H and O–H groups in total. The summed E-state index contributed by atoms with van der Waals surface area (Å²) >= 11 is 0. The number of nitrogens with zero attached hydrogens (tertiary/aromatic N) is 4. The Morgan fingerprint density at radius 2 is 1.93 bits per heavy atom. The highest BCUT2D eigenvalue weighted by atomic mass is 127. The molecule has 2 aromatic rings. The lowest BCUT2D eigenvalue weighted by molar-refractivity contribution is -0.138. The van der Waals surface area contributed by atoms with Crippen molar-refractivity contribution < 1.29 is 4.79 Å². The third-order valence-electron chi connectivity index (χ3n) is 5.71. The molecule has 3 rings (SSSR count). The van der Waals surface area contributed by atoms with Crippen LogP contribution >= 0.6 is 24.0 Å². The van der Waals surface area contributed by atoms with E-state index >= 15 is 0 Å². The molecule has 1 aliphatic rings. The summed E-state index contributed by atoms with van der Waals surface area (Å²) in [4.78, 5) is 23.4. The number of rotatable bonds is 6. The number of imidazole rings is 1. The molecule has 0 bridgehead atoms. The molecule has 1 fully saturated rings. The van der Waals surface area contributed by atoms with Gasteiger partial charge in [0, 0.05) is 40.8 Å². The topological polar surface area (TPSA) is 74.5 Å². The predicted octanol–water partition coefficient (Wildman–Crippen LogP) is 2.78. The van der Waals surface area contributed by atoms with E-state index in [1.165, 1.54) is 0 Å². The number of guanidine groups is 1. The number of amides is 1. The van der Waals surface area contributed by atoms with Gasteiger partial charge in [-0.05, 0) is 31.9 Å². The maximum Gasteiger partial charge on any atom is 0.230 e. The second-order valence-electron chi connectivity index (χ2n) is 7.84. The summed E-state index contributed by atoms with van der Waals surface area (Å²) in [6, 6.07) is 8.18. The highest BCUT2D eigenvalue weighted by molar-refractivity contribution is 14.0. The highest BCUT2D eigenvalue weighted by Gasteiger charge is 2.42. The first-order valence-electron chi connectivity index (χ1n) is 10.0. The Hall–Kier alpha value is -1.84. The third-order valence-corrected chi connectivity index (χ3v) is 5.71. The van der Waals surface area contributed by atoms with Gasteiger partial charge in [-0.1, -0.05) is 25.0 Å². The lowest BCUT2D eigenvalue weighted by atomic mass is 9.84. The van der Waals surface area contributed by atoms with Crippen molar-refractivity contribution >= 4 is 46.9 Å². The first-order chi connectivity index (χ1) is 13.5. The Morgan fingerprint density at radius 3 is 2.59 bits per heavy atom. The molecule has 1 saturated carbocycles. The first kappa shape index (κ1) is 23.4. The van der Waals surface area contributed by atoms with E-state index in [-0.39, 0.29) is 35.3 Å². The molecule has 7 nitrogen and oxygen atoms in total. The summed E-state index contributed by atoms with van der Waals surface area (Å²) in [5, 5.41) is 6.76. The lowest BCUT2D eigenvalue weighted by Gasteiger charge is -2.31. The van der Waals surface area contributed by atoms with Crippen LogP contribution in [0, 0.1) is 12.3 Å². The van der Waals surface area contributed by atoms with Crippen LogP contribution < -0.4 is 10.6 Å². The van der Waals surface area contributed by atoms with Gasteiger partial charge in [0.25, 0.3) is 0 Å². The van der Waals surface area contributed by atoms with Crippen molar-refractivity contribution in [1.29, 1.82) is 0 Å². The fourth-order valence-electron chi connectivity index (χ4n) is 4.23. The first-order valence-corrected chi connectivity index (χ1v) is 10.0. The fourth-order valence-corrected chi connectivity index (χ4v) is 4.23. The molecule has 1 amide bonds. The minimum absolute atomic E-state index is 0. The number of para-hydroxylation sites is 2. The number of fused-ring (bicyclic) bond motifs is 1. The summed E-state index contributed by atoms with van der Waals surface area (Å²) in [7, 11) is 5.45. The zero-order valence-electron chi connectivity index (χ0n) is 17.9. The summed E-state index contributed by atoms with van der Waals surface area (Å²) in [6.45, 7) is 4.19. The number of hydrogen-bond donors (Lipinski definition) is 2. The number of halogens is 1. The number of aliphatic imine (C=N–C) groups is 1. The van der Waals surface area contributed by atoms with Crippen LogP contribution in [0.4, 0.5) is 0 Å². The zero-order chi connectivity index (χ0) is 20.1. The van der Waals surface area contributed by atoms with Crippen molar-refractivity contribution in [3.05, 3.63) is 30.1 Å². The molecule has 29 heavy (non-hydrogen) atoms. The molecule has 0 spiro atoms. The average molecular weight is 512 g/mol. The Bertz CT molecular complexity index is 854. The van der Waals surface area contributed by atoms with Crippen molar-refractivity contribution in [2.24, 2.45) is 10.4 Å². The molecule has 0 unspecified atom stereocenters. The van der Waals surface area contributed by atoms with E-state index in [9.17, 15) is 4.79 Å². The lowest BCUT2D eigenvalue weighted by Crippen LogP contribution is -2.49. The molecule has 1 aromatic heterocycles. The number of aryl methyl sites for hydroxylation is 1. The van der Waals surface area contributed by atoms with Gasteiger partial charge in [-0.3, -0.25) is 9.79 Å². The number of benzene rings is 1. The average Bonchev–Trinajstić information content (AvgIpc) is 3.29. The van der Waals surface area contributed by atoms with Crippen molar-refractivity contribution in [3.63, 3.8) is 0 Å². The van der Waals surface area contributed by atoms with E-state index in [0.29, 0.717) is 6.54 Å². The van der Waals surface area contributed by atoms with Gasteiger partial charge in [-0.15, -0.1) is 24.0 Å². The van der Waals surface area contributed by atoms with Gasteiger partial charge >= 0.3 is 0 Å². The highest BCUT2D eigenvalue weighted by Crippen LogP contribution is 2.38. The molecule has 0 saturated heterocycles. The van der Waals surface area contributed by atoms with Crippen LogP contribution in [-0.4, -0.2) is 60.6 Å². The Morgan fingerprint density at radius 1 is 1.24 bits per heavy atom. The number of aromatic nitrogens is 2. The zero-order valence-corrected chi connectivity index (χ0v) is 20.2. The Labute approximate surface area is 190 Å². The molecule has 1 heterocycles. The van der Waals surface area contributed by atoms with Crippen molar-refractivity contribution in [3.8, 4) is 0 Å². The normalized spacial score (nSPS) is 15.8. The second kappa shape index (κ2) is 10.3. The molecular formula is C21H33IN6O. The molecule has 1 aliphatic carbocycles. The van der Waals surface area contributed by atoms with E-state index < -0.39 is 0 Å². The molecule has 160 valence electrons. The van der Waals surface area contributed by atoms with Gasteiger partial charge in [-0.25, -0.2) is 4.98 Å². The van der Waals surface area contributed by atoms with Gasteiger partial charge in [0.1, 0.15) is 5.82 Å². The fraction of sp³-hybridized carbons (Fsp3) is 0.571. The van der Waals surface area contributed by atoms with Crippen LogP contribution in [0.2, 0.25) is 0 Å². The number of carbonyl (C=O) groups excluding carboxylic acids is 1. The van der Waals surface area contributed by atoms with Crippen LogP contribution in [0.5, 0.6) is 0 Å². The molecule has 0 aliphatic heterocycles. The monoisotopic (exact) mass is 512 g/mol. The van der Waals surface area contributed by atoms with Gasteiger partial charge in [0.15, 0.2) is 5.96 Å². The van der Waals surface area contributed by atoms with E-state index in [4.69, 9.17) is 0 Å². The number of hydrogen-bond acceptors (Lipinski definition) is 3. The van der Waals surface area contributed by atoms with Gasteiger partial charge in [0.2, 0.25) is 5.91 Å². The summed E-state index contributed by atoms with van der Waals surface area (Å²) in [6.07, 6.45) is 4.10. The van der Waals surface area contributed by atoms with Crippen molar-refractivity contribution in [2.45, 2.75) is 39.2 Å². The maximum atomic E-state index is 12.7. The SMILES string of the molecule is CN=C(NCCn1c(C)nc2ccccc21)NCC1(C(=O)N(C)C)CCCC1.I. The standard InChI is InChI=1S/C21H32N6O.HI/c1-16-25-17-9-5-6-10-18(17)27(16)14-13-23-20(22-2)24-15-21(11-7-8-12-21)19(28)26(3)4;/h5-6,9-10H,7-8,11-15H2,1-4H3,(H2,22,23,24);1H. The van der Waals surface area contributed by atoms with Gasteiger partial charge in [-0.2, -0.15) is 0 Å².